The lowest BCUT2D eigenvalue weighted by molar-refractivity contribution is -0.132. The molecule has 1 unspecified atom stereocenters. The van der Waals surface area contributed by atoms with Gasteiger partial charge in [0.1, 0.15) is 11.5 Å². The molecule has 8 heteroatoms. The summed E-state index contributed by atoms with van der Waals surface area (Å²) in [7, 11) is 1.52. The van der Waals surface area contributed by atoms with Gasteiger partial charge in [0.15, 0.2) is 0 Å². The monoisotopic (exact) mass is 491 g/mol. The SMILES string of the molecule is CCOC(=O)c1ccc(N2C(=O)C(=O)C(=C(O)c3ccc(OC)cc3)C2c2ccc(Cl)cc2)cc1. The summed E-state index contributed by atoms with van der Waals surface area (Å²) >= 11 is 6.06. The largest absolute Gasteiger partial charge is 0.507 e. The second-order valence-electron chi connectivity index (χ2n) is 7.72. The fourth-order valence-corrected chi connectivity index (χ4v) is 4.06. The number of nitrogens with zero attached hydrogens (tertiary/aromatic N) is 1. The Morgan fingerprint density at radius 1 is 0.943 bits per heavy atom. The normalized spacial score (nSPS) is 16.9. The highest BCUT2D eigenvalue weighted by Gasteiger charge is 2.47. The molecule has 0 aromatic heterocycles. The minimum Gasteiger partial charge on any atom is -0.507 e. The molecule has 35 heavy (non-hydrogen) atoms. The Bertz CT molecular complexity index is 1300. The Balaban J connectivity index is 1.84. The first kappa shape index (κ1) is 24.0. The second kappa shape index (κ2) is 10.0. The number of carbonyl (C=O) groups is 3. The van der Waals surface area contributed by atoms with Gasteiger partial charge in [-0.3, -0.25) is 14.5 Å². The molecule has 1 fully saturated rings. The summed E-state index contributed by atoms with van der Waals surface area (Å²) in [6.45, 7) is 1.94. The van der Waals surface area contributed by atoms with E-state index in [0.717, 1.165) is 0 Å². The third-order valence-electron chi connectivity index (χ3n) is 5.65. The molecule has 0 aliphatic carbocycles. The van der Waals surface area contributed by atoms with Gasteiger partial charge in [-0.15, -0.1) is 0 Å². The Morgan fingerprint density at radius 3 is 2.11 bits per heavy atom. The van der Waals surface area contributed by atoms with Crippen molar-refractivity contribution in [2.45, 2.75) is 13.0 Å². The Morgan fingerprint density at radius 2 is 1.54 bits per heavy atom. The van der Waals surface area contributed by atoms with Crippen molar-refractivity contribution in [2.75, 3.05) is 18.6 Å². The van der Waals surface area contributed by atoms with Crippen LogP contribution >= 0.6 is 11.6 Å². The molecule has 3 aromatic rings. The van der Waals surface area contributed by atoms with Crippen molar-refractivity contribution in [3.05, 3.63) is 100 Å². The van der Waals surface area contributed by atoms with Gasteiger partial charge in [0, 0.05) is 16.3 Å². The van der Waals surface area contributed by atoms with E-state index >= 15 is 0 Å². The van der Waals surface area contributed by atoms with Gasteiger partial charge in [-0.2, -0.15) is 0 Å². The molecule has 4 rings (SSSR count). The summed E-state index contributed by atoms with van der Waals surface area (Å²) in [4.78, 5) is 39.8. The lowest BCUT2D eigenvalue weighted by atomic mass is 9.95. The number of carbonyl (C=O) groups excluding carboxylic acids is 3. The predicted molar refractivity (Wildman–Crippen MR) is 132 cm³/mol. The van der Waals surface area contributed by atoms with Crippen molar-refractivity contribution >= 4 is 40.7 Å². The zero-order valence-corrected chi connectivity index (χ0v) is 19.8. The van der Waals surface area contributed by atoms with Crippen LogP contribution in [0, 0.1) is 0 Å². The molecule has 1 saturated heterocycles. The number of hydrogen-bond acceptors (Lipinski definition) is 6. The van der Waals surface area contributed by atoms with Crippen LogP contribution in [0.5, 0.6) is 5.75 Å². The Kier molecular flexibility index (Phi) is 6.89. The van der Waals surface area contributed by atoms with Crippen LogP contribution in [0.4, 0.5) is 5.69 Å². The van der Waals surface area contributed by atoms with Crippen LogP contribution in [0.25, 0.3) is 5.76 Å². The molecule has 1 heterocycles. The molecule has 1 N–H and O–H groups in total. The van der Waals surface area contributed by atoms with Crippen LogP contribution in [-0.2, 0) is 14.3 Å². The van der Waals surface area contributed by atoms with Gasteiger partial charge in [0.25, 0.3) is 11.7 Å². The molecule has 7 nitrogen and oxygen atoms in total. The van der Waals surface area contributed by atoms with Crippen molar-refractivity contribution in [3.8, 4) is 5.75 Å². The summed E-state index contributed by atoms with van der Waals surface area (Å²) in [5.74, 6) is -1.85. The number of rotatable bonds is 6. The van der Waals surface area contributed by atoms with E-state index in [-0.39, 0.29) is 17.9 Å². The van der Waals surface area contributed by atoms with Crippen molar-refractivity contribution in [1.29, 1.82) is 0 Å². The summed E-state index contributed by atoms with van der Waals surface area (Å²) in [5.41, 5.74) is 1.58. The first-order chi connectivity index (χ1) is 16.8. The quantitative estimate of drug-likeness (QED) is 0.222. The van der Waals surface area contributed by atoms with E-state index < -0.39 is 23.7 Å². The summed E-state index contributed by atoms with van der Waals surface area (Å²) in [5, 5.41) is 11.6. The minimum atomic E-state index is -0.914. The number of Topliss-reactive ketones (excluding diaryl/α,β-unsaturated/α-hetero) is 1. The maximum atomic E-state index is 13.2. The van der Waals surface area contributed by atoms with Crippen LogP contribution in [0.2, 0.25) is 5.02 Å². The molecule has 178 valence electrons. The van der Waals surface area contributed by atoms with E-state index in [1.54, 1.807) is 67.6 Å². The van der Waals surface area contributed by atoms with E-state index in [2.05, 4.69) is 0 Å². The molecular formula is C27H22ClNO6. The highest BCUT2D eigenvalue weighted by atomic mass is 35.5. The number of aliphatic hydroxyl groups excluding tert-OH is 1. The molecule has 3 aromatic carbocycles. The summed E-state index contributed by atoms with van der Waals surface area (Å²) < 4.78 is 10.2. The van der Waals surface area contributed by atoms with E-state index in [4.69, 9.17) is 21.1 Å². The van der Waals surface area contributed by atoms with Gasteiger partial charge < -0.3 is 14.6 Å². The molecule has 0 saturated carbocycles. The first-order valence-electron chi connectivity index (χ1n) is 10.8. The number of benzene rings is 3. The third-order valence-corrected chi connectivity index (χ3v) is 5.90. The van der Waals surface area contributed by atoms with E-state index in [9.17, 15) is 19.5 Å². The second-order valence-corrected chi connectivity index (χ2v) is 8.15. The number of amides is 1. The van der Waals surface area contributed by atoms with Gasteiger partial charge >= 0.3 is 5.97 Å². The van der Waals surface area contributed by atoms with Crippen LogP contribution in [0.15, 0.2) is 78.4 Å². The molecule has 0 radical (unpaired) electrons. The molecular weight excluding hydrogens is 470 g/mol. The predicted octanol–water partition coefficient (Wildman–Crippen LogP) is 5.15. The molecule has 1 aliphatic rings. The lowest BCUT2D eigenvalue weighted by Crippen LogP contribution is -2.29. The highest BCUT2D eigenvalue weighted by Crippen LogP contribution is 2.42. The number of methoxy groups -OCH3 is 1. The fourth-order valence-electron chi connectivity index (χ4n) is 3.94. The molecule has 0 bridgehead atoms. The number of ether oxygens (including phenoxy) is 2. The first-order valence-corrected chi connectivity index (χ1v) is 11.2. The average Bonchev–Trinajstić information content (AvgIpc) is 3.14. The minimum absolute atomic E-state index is 0.0584. The standard InChI is InChI=1S/C27H22ClNO6/c1-3-35-27(33)18-6-12-20(13-7-18)29-23(16-4-10-19(28)11-5-16)22(25(31)26(29)32)24(30)17-8-14-21(34-2)15-9-17/h4-15,23,30H,3H2,1-2H3. The van der Waals surface area contributed by atoms with Crippen molar-refractivity contribution in [2.24, 2.45) is 0 Å². The van der Waals surface area contributed by atoms with Gasteiger partial charge in [0.05, 0.1) is 30.9 Å². The summed E-state index contributed by atoms with van der Waals surface area (Å²) in [6, 6.07) is 18.5. The Hall–Kier alpha value is -4.10. The highest BCUT2D eigenvalue weighted by molar-refractivity contribution is 6.51. The van der Waals surface area contributed by atoms with Crippen LogP contribution < -0.4 is 9.64 Å². The number of ketones is 1. The van der Waals surface area contributed by atoms with Gasteiger partial charge in [-0.05, 0) is 73.2 Å². The molecule has 0 spiro atoms. The summed E-state index contributed by atoms with van der Waals surface area (Å²) in [6.07, 6.45) is 0. The van der Waals surface area contributed by atoms with E-state index in [1.165, 1.54) is 24.1 Å². The van der Waals surface area contributed by atoms with E-state index in [0.29, 0.717) is 33.1 Å². The van der Waals surface area contributed by atoms with Crippen LogP contribution in [0.3, 0.4) is 0 Å². The van der Waals surface area contributed by atoms with Crippen molar-refractivity contribution in [1.82, 2.24) is 0 Å². The molecule has 1 atom stereocenters. The van der Waals surface area contributed by atoms with Crippen molar-refractivity contribution < 1.29 is 29.0 Å². The lowest BCUT2D eigenvalue weighted by Gasteiger charge is -2.25. The Labute approximate surface area is 207 Å². The fraction of sp³-hybridized carbons (Fsp3) is 0.148. The maximum absolute atomic E-state index is 13.2. The molecule has 1 aliphatic heterocycles. The number of esters is 1. The van der Waals surface area contributed by atoms with Gasteiger partial charge in [-0.1, -0.05) is 23.7 Å². The van der Waals surface area contributed by atoms with Crippen LogP contribution in [0.1, 0.15) is 34.5 Å². The molecule has 1 amide bonds. The number of anilines is 1. The third kappa shape index (κ3) is 4.63. The zero-order valence-electron chi connectivity index (χ0n) is 19.0. The number of hydrogen-bond donors (Lipinski definition) is 1. The number of halogens is 1. The van der Waals surface area contributed by atoms with E-state index in [1.807, 2.05) is 0 Å². The van der Waals surface area contributed by atoms with Crippen molar-refractivity contribution in [3.63, 3.8) is 0 Å². The van der Waals surface area contributed by atoms with Gasteiger partial charge in [-0.25, -0.2) is 4.79 Å². The average molecular weight is 492 g/mol. The smallest absolute Gasteiger partial charge is 0.338 e. The zero-order chi connectivity index (χ0) is 25.1. The maximum Gasteiger partial charge on any atom is 0.338 e. The topological polar surface area (TPSA) is 93.1 Å². The van der Waals surface area contributed by atoms with Crippen LogP contribution in [-0.4, -0.2) is 36.5 Å². The van der Waals surface area contributed by atoms with Gasteiger partial charge in [0.2, 0.25) is 0 Å². The number of aliphatic hydroxyl groups is 1.